The van der Waals surface area contributed by atoms with E-state index in [1.165, 1.54) is 0 Å². The first kappa shape index (κ1) is 13.6. The Morgan fingerprint density at radius 2 is 2.00 bits per heavy atom. The van der Waals surface area contributed by atoms with Crippen molar-refractivity contribution in [2.75, 3.05) is 5.73 Å². The fraction of sp³-hybridized carbons (Fsp3) is 0.750. The second kappa shape index (κ2) is 4.78. The SMILES string of the molecule is CCC(C)n1nc(CC(C)(C)C)c(Br)c1N. The van der Waals surface area contributed by atoms with Gasteiger partial charge in [-0.1, -0.05) is 27.7 Å². The number of nitrogen functional groups attached to an aromatic ring is 1. The quantitative estimate of drug-likeness (QED) is 0.919. The van der Waals surface area contributed by atoms with Gasteiger partial charge in [0.05, 0.1) is 16.2 Å². The van der Waals surface area contributed by atoms with Crippen molar-refractivity contribution in [2.24, 2.45) is 5.41 Å². The maximum atomic E-state index is 6.05. The summed E-state index contributed by atoms with van der Waals surface area (Å²) in [6.07, 6.45) is 1.97. The van der Waals surface area contributed by atoms with E-state index in [1.54, 1.807) is 0 Å². The van der Waals surface area contributed by atoms with Gasteiger partial charge < -0.3 is 5.73 Å². The zero-order valence-corrected chi connectivity index (χ0v) is 12.4. The Balaban J connectivity index is 3.05. The number of aromatic nitrogens is 2. The van der Waals surface area contributed by atoms with Crippen molar-refractivity contribution >= 4 is 21.7 Å². The Bertz CT molecular complexity index is 363. The van der Waals surface area contributed by atoms with E-state index in [0.717, 1.165) is 28.8 Å². The molecule has 1 atom stereocenters. The molecule has 0 aliphatic carbocycles. The molecule has 0 amide bonds. The third-order valence-electron chi connectivity index (χ3n) is 2.66. The van der Waals surface area contributed by atoms with Gasteiger partial charge in [0.2, 0.25) is 0 Å². The number of hydrogen-bond acceptors (Lipinski definition) is 2. The molecule has 0 aliphatic rings. The minimum Gasteiger partial charge on any atom is -0.383 e. The van der Waals surface area contributed by atoms with Gasteiger partial charge in [-0.05, 0) is 41.1 Å². The normalized spacial score (nSPS) is 14.1. The Morgan fingerprint density at radius 3 is 2.44 bits per heavy atom. The van der Waals surface area contributed by atoms with Crippen LogP contribution in [0.4, 0.5) is 5.82 Å². The second-order valence-corrected chi connectivity index (χ2v) is 6.38. The lowest BCUT2D eigenvalue weighted by Crippen LogP contribution is -2.12. The van der Waals surface area contributed by atoms with Crippen LogP contribution in [0.1, 0.15) is 52.8 Å². The number of nitrogens with zero attached hydrogens (tertiary/aromatic N) is 2. The maximum Gasteiger partial charge on any atom is 0.136 e. The van der Waals surface area contributed by atoms with Gasteiger partial charge in [-0.2, -0.15) is 5.10 Å². The van der Waals surface area contributed by atoms with Crippen LogP contribution in [0.5, 0.6) is 0 Å². The summed E-state index contributed by atoms with van der Waals surface area (Å²) < 4.78 is 2.88. The predicted molar refractivity (Wildman–Crippen MR) is 72.5 cm³/mol. The summed E-state index contributed by atoms with van der Waals surface area (Å²) in [7, 11) is 0. The smallest absolute Gasteiger partial charge is 0.136 e. The predicted octanol–water partition coefficient (Wildman–Crippen LogP) is 3.79. The first-order chi connectivity index (χ1) is 7.26. The number of nitrogens with two attached hydrogens (primary N) is 1. The minimum atomic E-state index is 0.226. The molecular formula is C12H22BrN3. The van der Waals surface area contributed by atoms with Gasteiger partial charge in [-0.25, -0.2) is 4.68 Å². The largest absolute Gasteiger partial charge is 0.383 e. The van der Waals surface area contributed by atoms with Gasteiger partial charge in [-0.15, -0.1) is 0 Å². The lowest BCUT2D eigenvalue weighted by atomic mass is 9.91. The number of anilines is 1. The third kappa shape index (κ3) is 3.00. The molecule has 0 saturated heterocycles. The fourth-order valence-electron chi connectivity index (χ4n) is 1.60. The number of hydrogen-bond donors (Lipinski definition) is 1. The van der Waals surface area contributed by atoms with Gasteiger partial charge in [0.1, 0.15) is 5.82 Å². The maximum absolute atomic E-state index is 6.05. The summed E-state index contributed by atoms with van der Waals surface area (Å²) in [4.78, 5) is 0. The standard InChI is InChI=1S/C12H22BrN3/c1-6-8(2)16-11(14)10(13)9(15-16)7-12(3,4)5/h8H,6-7,14H2,1-5H3. The van der Waals surface area contributed by atoms with Crippen molar-refractivity contribution in [2.45, 2.75) is 53.5 Å². The summed E-state index contributed by atoms with van der Waals surface area (Å²) in [6.45, 7) is 10.9. The van der Waals surface area contributed by atoms with Crippen LogP contribution in [0.25, 0.3) is 0 Å². The first-order valence-corrected chi connectivity index (χ1v) is 6.58. The van der Waals surface area contributed by atoms with Gasteiger partial charge >= 0.3 is 0 Å². The molecule has 1 unspecified atom stereocenters. The molecule has 1 aromatic rings. The Morgan fingerprint density at radius 1 is 1.44 bits per heavy atom. The second-order valence-electron chi connectivity index (χ2n) is 5.59. The first-order valence-electron chi connectivity index (χ1n) is 5.78. The third-order valence-corrected chi connectivity index (χ3v) is 3.52. The van der Waals surface area contributed by atoms with Crippen molar-refractivity contribution in [1.82, 2.24) is 9.78 Å². The number of halogens is 1. The van der Waals surface area contributed by atoms with Crippen molar-refractivity contribution in [3.63, 3.8) is 0 Å². The van der Waals surface area contributed by atoms with Crippen molar-refractivity contribution in [3.05, 3.63) is 10.2 Å². The van der Waals surface area contributed by atoms with Crippen LogP contribution in [0, 0.1) is 5.41 Å². The van der Waals surface area contributed by atoms with Crippen molar-refractivity contribution in [3.8, 4) is 0 Å². The van der Waals surface area contributed by atoms with Gasteiger partial charge in [0.15, 0.2) is 0 Å². The highest BCUT2D eigenvalue weighted by molar-refractivity contribution is 9.10. The van der Waals surface area contributed by atoms with Crippen molar-refractivity contribution in [1.29, 1.82) is 0 Å². The average molecular weight is 288 g/mol. The number of rotatable bonds is 3. The molecule has 0 radical (unpaired) electrons. The van der Waals surface area contributed by atoms with E-state index in [-0.39, 0.29) is 5.41 Å². The molecule has 1 rings (SSSR count). The summed E-state index contributed by atoms with van der Waals surface area (Å²) in [5, 5.41) is 4.61. The van der Waals surface area contributed by atoms with Crippen LogP contribution < -0.4 is 5.73 Å². The Kier molecular flexibility index (Phi) is 4.05. The highest BCUT2D eigenvalue weighted by atomic mass is 79.9. The van der Waals surface area contributed by atoms with Crippen LogP contribution in [0.2, 0.25) is 0 Å². The fourth-order valence-corrected chi connectivity index (χ4v) is 2.00. The molecule has 0 spiro atoms. The van der Waals surface area contributed by atoms with Gasteiger partial charge in [0.25, 0.3) is 0 Å². The summed E-state index contributed by atoms with van der Waals surface area (Å²) in [5.41, 5.74) is 7.34. The lowest BCUT2D eigenvalue weighted by molar-refractivity contribution is 0.398. The van der Waals surface area contributed by atoms with E-state index in [2.05, 4.69) is 55.6 Å². The van der Waals surface area contributed by atoms with Crippen LogP contribution in [0.3, 0.4) is 0 Å². The highest BCUT2D eigenvalue weighted by Crippen LogP contribution is 2.31. The molecule has 92 valence electrons. The van der Waals surface area contributed by atoms with Gasteiger partial charge in [0, 0.05) is 0 Å². The van der Waals surface area contributed by atoms with Crippen LogP contribution in [0.15, 0.2) is 4.47 Å². The zero-order chi connectivity index (χ0) is 12.5. The van der Waals surface area contributed by atoms with E-state index < -0.39 is 0 Å². The molecule has 1 heterocycles. The van der Waals surface area contributed by atoms with Crippen LogP contribution >= 0.6 is 15.9 Å². The molecule has 16 heavy (non-hydrogen) atoms. The van der Waals surface area contributed by atoms with E-state index in [9.17, 15) is 0 Å². The Hall–Kier alpha value is -0.510. The molecule has 0 fully saturated rings. The average Bonchev–Trinajstić information content (AvgIpc) is 2.43. The van der Waals surface area contributed by atoms with Crippen LogP contribution in [-0.4, -0.2) is 9.78 Å². The van der Waals surface area contributed by atoms with Gasteiger partial charge in [-0.3, -0.25) is 0 Å². The molecule has 1 aromatic heterocycles. The Labute approximate surface area is 107 Å². The molecule has 0 aliphatic heterocycles. The van der Waals surface area contributed by atoms with E-state index in [4.69, 9.17) is 5.73 Å². The lowest BCUT2D eigenvalue weighted by Gasteiger charge is -2.16. The molecular weight excluding hydrogens is 266 g/mol. The topological polar surface area (TPSA) is 43.8 Å². The molecule has 3 nitrogen and oxygen atoms in total. The monoisotopic (exact) mass is 287 g/mol. The summed E-state index contributed by atoms with van der Waals surface area (Å²) >= 11 is 3.54. The molecule has 0 aromatic carbocycles. The molecule has 0 bridgehead atoms. The molecule has 2 N–H and O–H groups in total. The highest BCUT2D eigenvalue weighted by Gasteiger charge is 2.20. The zero-order valence-electron chi connectivity index (χ0n) is 10.8. The summed E-state index contributed by atoms with van der Waals surface area (Å²) in [6, 6.07) is 0.352. The van der Waals surface area contributed by atoms with E-state index >= 15 is 0 Å². The summed E-state index contributed by atoms with van der Waals surface area (Å²) in [5.74, 6) is 0.744. The minimum absolute atomic E-state index is 0.226. The molecule has 0 saturated carbocycles. The van der Waals surface area contributed by atoms with E-state index in [0.29, 0.717) is 6.04 Å². The van der Waals surface area contributed by atoms with Crippen molar-refractivity contribution < 1.29 is 0 Å². The molecule has 4 heteroatoms. The van der Waals surface area contributed by atoms with E-state index in [1.807, 2.05) is 4.68 Å². The van der Waals surface area contributed by atoms with Crippen LogP contribution in [-0.2, 0) is 6.42 Å².